The van der Waals surface area contributed by atoms with E-state index < -0.39 is 49.8 Å². The molecular weight excluding hydrogens is 577 g/mol. The van der Waals surface area contributed by atoms with Crippen LogP contribution in [0.5, 0.6) is 5.75 Å². The maximum Gasteiger partial charge on any atom is 0.262 e. The third-order valence-corrected chi connectivity index (χ3v) is 9.94. The molecule has 2 aromatic carbocycles. The average molecular weight is 610 g/mol. The van der Waals surface area contributed by atoms with Crippen LogP contribution in [0.4, 0.5) is 10.1 Å². The summed E-state index contributed by atoms with van der Waals surface area (Å²) < 4.78 is 77.4. The summed E-state index contributed by atoms with van der Waals surface area (Å²) in [6.07, 6.45) is 1.88. The van der Waals surface area contributed by atoms with Gasteiger partial charge >= 0.3 is 0 Å². The lowest BCUT2D eigenvalue weighted by atomic mass is 9.99. The number of aliphatic hydroxyl groups excluding tert-OH is 1. The average Bonchev–Trinajstić information content (AvgIpc) is 3.37. The van der Waals surface area contributed by atoms with Crippen LogP contribution in [-0.4, -0.2) is 85.5 Å². The van der Waals surface area contributed by atoms with Gasteiger partial charge in [0.1, 0.15) is 11.9 Å². The Morgan fingerprint density at radius 3 is 2.49 bits per heavy atom. The van der Waals surface area contributed by atoms with E-state index in [0.29, 0.717) is 0 Å². The van der Waals surface area contributed by atoms with Gasteiger partial charge in [-0.3, -0.25) is 9.52 Å². The minimum atomic E-state index is -4.23. The largest absolute Gasteiger partial charge is 0.486 e. The number of halogens is 1. The molecule has 3 atom stereocenters. The molecule has 2 heterocycles. The molecule has 1 aliphatic heterocycles. The van der Waals surface area contributed by atoms with Crippen LogP contribution in [0.3, 0.4) is 0 Å². The van der Waals surface area contributed by atoms with E-state index in [9.17, 15) is 31.1 Å². The van der Waals surface area contributed by atoms with Crippen molar-refractivity contribution < 1.29 is 35.9 Å². The van der Waals surface area contributed by atoms with Gasteiger partial charge in [0.05, 0.1) is 41.7 Å². The number of ether oxygens (including phenoxy) is 1. The van der Waals surface area contributed by atoms with Crippen LogP contribution in [0, 0.1) is 11.7 Å². The van der Waals surface area contributed by atoms with Crippen LogP contribution < -0.4 is 9.46 Å². The number of hydrogen-bond donors (Lipinski definition) is 2. The van der Waals surface area contributed by atoms with E-state index in [-0.39, 0.29) is 46.6 Å². The zero-order valence-corrected chi connectivity index (χ0v) is 24.6. The summed E-state index contributed by atoms with van der Waals surface area (Å²) in [4.78, 5) is 18.8. The van der Waals surface area contributed by atoms with E-state index in [2.05, 4.69) is 9.71 Å². The van der Waals surface area contributed by atoms with Crippen molar-refractivity contribution in [2.24, 2.45) is 13.0 Å². The van der Waals surface area contributed by atoms with Crippen LogP contribution in [0.2, 0.25) is 0 Å². The van der Waals surface area contributed by atoms with Gasteiger partial charge in [-0.25, -0.2) is 26.2 Å². The minimum absolute atomic E-state index is 0.0248. The topological polar surface area (TPSA) is 151 Å². The molecule has 222 valence electrons. The number of nitrogens with zero attached hydrogens (tertiary/aromatic N) is 4. The van der Waals surface area contributed by atoms with Gasteiger partial charge in [0.25, 0.3) is 26.0 Å². The number of imidazole rings is 1. The summed E-state index contributed by atoms with van der Waals surface area (Å²) >= 11 is 0. The number of carbonyl (C=O) groups excluding carboxylic acids is 1. The summed E-state index contributed by atoms with van der Waals surface area (Å²) in [5.74, 6) is -1.66. The Morgan fingerprint density at radius 1 is 1.20 bits per heavy atom. The number of para-hydroxylation sites is 1. The molecule has 0 unspecified atom stereocenters. The second kappa shape index (κ2) is 11.8. The highest BCUT2D eigenvalue weighted by Gasteiger charge is 2.37. The first-order valence-electron chi connectivity index (χ1n) is 12.7. The van der Waals surface area contributed by atoms with Gasteiger partial charge in [-0.1, -0.05) is 13.0 Å². The number of likely N-dealkylation sites (N-methyl/N-ethyl adjacent to an activating group) is 1. The number of benzene rings is 2. The fourth-order valence-electron chi connectivity index (χ4n) is 4.39. The molecule has 12 nitrogen and oxygen atoms in total. The molecule has 0 spiro atoms. The summed E-state index contributed by atoms with van der Waals surface area (Å²) in [7, 11) is -5.21. The van der Waals surface area contributed by atoms with Gasteiger partial charge in [0.2, 0.25) is 0 Å². The lowest BCUT2D eigenvalue weighted by Gasteiger charge is -2.38. The second-order valence-corrected chi connectivity index (χ2v) is 13.7. The van der Waals surface area contributed by atoms with Crippen LogP contribution in [0.25, 0.3) is 0 Å². The maximum atomic E-state index is 13.6. The first kappa shape index (κ1) is 30.4. The molecule has 1 aromatic heterocycles. The molecule has 1 amide bonds. The maximum absolute atomic E-state index is 13.6. The van der Waals surface area contributed by atoms with Crippen molar-refractivity contribution in [3.8, 4) is 5.75 Å². The van der Waals surface area contributed by atoms with Crippen molar-refractivity contribution in [1.29, 1.82) is 0 Å². The van der Waals surface area contributed by atoms with Crippen molar-refractivity contribution >= 4 is 31.6 Å². The Labute approximate surface area is 238 Å². The Hall–Kier alpha value is -3.53. The van der Waals surface area contributed by atoms with Crippen molar-refractivity contribution in [3.05, 3.63) is 66.4 Å². The number of carbonyl (C=O) groups is 1. The predicted octanol–water partition coefficient (Wildman–Crippen LogP) is 1.90. The van der Waals surface area contributed by atoms with E-state index >= 15 is 0 Å². The summed E-state index contributed by atoms with van der Waals surface area (Å²) in [6, 6.07) is 7.97. The smallest absolute Gasteiger partial charge is 0.262 e. The van der Waals surface area contributed by atoms with E-state index in [4.69, 9.17) is 4.74 Å². The van der Waals surface area contributed by atoms with Gasteiger partial charge < -0.3 is 19.3 Å². The lowest BCUT2D eigenvalue weighted by Crippen LogP contribution is -2.50. The van der Waals surface area contributed by atoms with Crippen molar-refractivity contribution in [3.63, 3.8) is 0 Å². The van der Waals surface area contributed by atoms with Crippen LogP contribution >= 0.6 is 0 Å². The van der Waals surface area contributed by atoms with Crippen molar-refractivity contribution in [2.45, 2.75) is 35.9 Å². The molecule has 0 fully saturated rings. The van der Waals surface area contributed by atoms with Crippen LogP contribution in [0.1, 0.15) is 24.2 Å². The summed E-state index contributed by atoms with van der Waals surface area (Å²) in [5.41, 5.74) is -0.0390. The Kier molecular flexibility index (Phi) is 8.73. The van der Waals surface area contributed by atoms with E-state index in [1.807, 2.05) is 0 Å². The van der Waals surface area contributed by atoms with Crippen molar-refractivity contribution in [1.82, 2.24) is 18.8 Å². The molecule has 4 rings (SSSR count). The molecule has 1 aliphatic rings. The molecule has 0 saturated heterocycles. The highest BCUT2D eigenvalue weighted by atomic mass is 32.2. The number of rotatable bonds is 9. The first-order valence-corrected chi connectivity index (χ1v) is 15.6. The Bertz CT molecular complexity index is 1630. The van der Waals surface area contributed by atoms with Gasteiger partial charge in [-0.15, -0.1) is 0 Å². The number of fused-ring (bicyclic) bond motifs is 1. The normalized spacial score (nSPS) is 18.8. The molecule has 0 radical (unpaired) electrons. The minimum Gasteiger partial charge on any atom is -0.486 e. The van der Waals surface area contributed by atoms with Gasteiger partial charge in [0.15, 0.2) is 10.8 Å². The summed E-state index contributed by atoms with van der Waals surface area (Å²) in [6.45, 7) is 3.08. The number of sulfonamides is 2. The molecule has 0 aliphatic carbocycles. The van der Waals surface area contributed by atoms with Gasteiger partial charge in [0, 0.05) is 32.8 Å². The number of nitrogens with one attached hydrogen (secondary N) is 1. The third kappa shape index (κ3) is 6.37. The number of aromatic nitrogens is 2. The SMILES string of the molecule is C[C@H](CO)N1C[C@H](C)[C@H](CN(C)S(=O)(=O)c2cn(C)cn2)Oc2c(NS(=O)(=O)c3ccc(F)cc3)cccc2C1=O. The number of aliphatic hydroxyl groups is 1. The second-order valence-electron chi connectivity index (χ2n) is 10.0. The quantitative estimate of drug-likeness (QED) is 0.373. The molecule has 15 heteroatoms. The van der Waals surface area contributed by atoms with Gasteiger partial charge in [-0.2, -0.15) is 4.31 Å². The molecular formula is C26H32FN5O7S2. The zero-order valence-electron chi connectivity index (χ0n) is 22.9. The lowest BCUT2D eigenvalue weighted by molar-refractivity contribution is 0.0389. The summed E-state index contributed by atoms with van der Waals surface area (Å²) in [5, 5.41) is 9.71. The number of aryl methyl sites for hydroxylation is 1. The first-order chi connectivity index (χ1) is 19.2. The Morgan fingerprint density at radius 2 is 1.88 bits per heavy atom. The van der Waals surface area contributed by atoms with E-state index in [1.54, 1.807) is 20.9 Å². The fourth-order valence-corrected chi connectivity index (χ4v) is 6.60. The van der Waals surface area contributed by atoms with Crippen molar-refractivity contribution in [2.75, 3.05) is 31.5 Å². The highest BCUT2D eigenvalue weighted by Crippen LogP contribution is 2.36. The molecule has 41 heavy (non-hydrogen) atoms. The molecule has 0 saturated carbocycles. The molecule has 2 N–H and O–H groups in total. The van der Waals surface area contributed by atoms with E-state index in [0.717, 1.165) is 28.6 Å². The van der Waals surface area contributed by atoms with E-state index in [1.165, 1.54) is 47.2 Å². The molecule has 0 bridgehead atoms. The Balaban J connectivity index is 1.76. The third-order valence-electron chi connectivity index (χ3n) is 6.85. The number of anilines is 1. The fraction of sp³-hybridized carbons (Fsp3) is 0.385. The predicted molar refractivity (Wildman–Crippen MR) is 148 cm³/mol. The highest BCUT2D eigenvalue weighted by molar-refractivity contribution is 7.92. The van der Waals surface area contributed by atoms with Crippen LogP contribution in [-0.2, 0) is 27.1 Å². The molecule has 3 aromatic rings. The van der Waals surface area contributed by atoms with Crippen LogP contribution in [0.15, 0.2) is 64.9 Å². The standard InChI is InChI=1S/C26H32FN5O7S2/c1-17-12-32(18(2)15-33)26(34)21-6-5-7-22(29-40(35,36)20-10-8-19(27)9-11-20)25(21)39-23(17)13-31(4)41(37,38)24-14-30(3)16-28-24/h5-11,14,16-18,23,29,33H,12-13,15H2,1-4H3/t17-,18+,23-/m0/s1. The number of hydrogen-bond acceptors (Lipinski definition) is 8. The zero-order chi connectivity index (χ0) is 30.1. The van der Waals surface area contributed by atoms with Gasteiger partial charge in [-0.05, 0) is 43.3 Å². The monoisotopic (exact) mass is 609 g/mol. The number of amides is 1.